The van der Waals surface area contributed by atoms with Crippen molar-refractivity contribution in [3.63, 3.8) is 0 Å². The molecule has 2 fully saturated rings. The number of fused-ring (bicyclic) bond motifs is 1. The van der Waals surface area contributed by atoms with Crippen LogP contribution < -0.4 is 0 Å². The lowest BCUT2D eigenvalue weighted by molar-refractivity contribution is 0.281. The molecule has 2 aliphatic rings. The molecule has 2 atom stereocenters. The normalized spacial score (nSPS) is 27.6. The number of sulfonamides is 1. The predicted molar refractivity (Wildman–Crippen MR) is 72.0 cm³/mol. The number of hydrogen-bond acceptors (Lipinski definition) is 3. The maximum atomic E-state index is 12.6. The van der Waals surface area contributed by atoms with Gasteiger partial charge >= 0.3 is 0 Å². The summed E-state index contributed by atoms with van der Waals surface area (Å²) >= 11 is 0. The summed E-state index contributed by atoms with van der Waals surface area (Å²) in [6.45, 7) is 1.20. The van der Waals surface area contributed by atoms with E-state index in [9.17, 15) is 8.42 Å². The van der Waals surface area contributed by atoms with Crippen LogP contribution in [0.25, 0.3) is 0 Å². The summed E-state index contributed by atoms with van der Waals surface area (Å²) in [5.74, 6) is 1.10. The maximum absolute atomic E-state index is 12.6. The van der Waals surface area contributed by atoms with Crippen LogP contribution in [0.2, 0.25) is 0 Å². The molecule has 0 bridgehead atoms. The van der Waals surface area contributed by atoms with Crippen molar-refractivity contribution in [3.05, 3.63) is 29.8 Å². The number of benzene rings is 1. The SMILES string of the molecule is O=S(=O)(c1cccc(CO)c1)N1CC2CCCC2C1. The van der Waals surface area contributed by atoms with Gasteiger partial charge in [-0.1, -0.05) is 18.6 Å². The Bertz CT molecular complexity index is 558. The largest absolute Gasteiger partial charge is 0.392 e. The molecule has 1 N–H and O–H groups in total. The van der Waals surface area contributed by atoms with E-state index < -0.39 is 10.0 Å². The minimum Gasteiger partial charge on any atom is -0.392 e. The highest BCUT2D eigenvalue weighted by molar-refractivity contribution is 7.89. The van der Waals surface area contributed by atoms with Gasteiger partial charge in [0, 0.05) is 13.1 Å². The summed E-state index contributed by atoms with van der Waals surface area (Å²) in [4.78, 5) is 0.305. The average molecular weight is 281 g/mol. The molecular weight excluding hydrogens is 262 g/mol. The molecule has 19 heavy (non-hydrogen) atoms. The molecule has 3 rings (SSSR count). The fraction of sp³-hybridized carbons (Fsp3) is 0.571. The number of aliphatic hydroxyl groups is 1. The highest BCUT2D eigenvalue weighted by atomic mass is 32.2. The molecule has 1 aliphatic heterocycles. The second-order valence-corrected chi connectivity index (χ2v) is 7.52. The minimum atomic E-state index is -3.39. The third kappa shape index (κ3) is 2.30. The van der Waals surface area contributed by atoms with Crippen molar-refractivity contribution in [3.8, 4) is 0 Å². The van der Waals surface area contributed by atoms with Crippen LogP contribution in [-0.4, -0.2) is 30.9 Å². The fourth-order valence-electron chi connectivity index (χ4n) is 3.34. The molecule has 1 saturated carbocycles. The predicted octanol–water partition coefficient (Wildman–Crippen LogP) is 1.60. The van der Waals surface area contributed by atoms with Gasteiger partial charge in [0.05, 0.1) is 11.5 Å². The fourth-order valence-corrected chi connectivity index (χ4v) is 4.97. The van der Waals surface area contributed by atoms with Gasteiger partial charge in [-0.15, -0.1) is 0 Å². The van der Waals surface area contributed by atoms with Gasteiger partial charge in [0.2, 0.25) is 10.0 Å². The average Bonchev–Trinajstić information content (AvgIpc) is 2.99. The van der Waals surface area contributed by atoms with Crippen LogP contribution in [0.5, 0.6) is 0 Å². The summed E-state index contributed by atoms with van der Waals surface area (Å²) < 4.78 is 26.8. The first-order valence-corrected chi connectivity index (χ1v) is 8.25. The van der Waals surface area contributed by atoms with E-state index in [1.807, 2.05) is 0 Å². The van der Waals surface area contributed by atoms with Gasteiger partial charge in [-0.3, -0.25) is 0 Å². The maximum Gasteiger partial charge on any atom is 0.243 e. The standard InChI is InChI=1S/C14H19NO3S/c16-10-11-3-1-6-14(7-11)19(17,18)15-8-12-4-2-5-13(12)9-15/h1,3,6-7,12-13,16H,2,4-5,8-10H2. The first kappa shape index (κ1) is 13.1. The Morgan fingerprint density at radius 1 is 1.21 bits per heavy atom. The second-order valence-electron chi connectivity index (χ2n) is 5.58. The number of aliphatic hydroxyl groups excluding tert-OH is 1. The van der Waals surface area contributed by atoms with E-state index in [2.05, 4.69) is 0 Å². The molecule has 0 amide bonds. The topological polar surface area (TPSA) is 57.6 Å². The van der Waals surface area contributed by atoms with Gasteiger partial charge < -0.3 is 5.11 Å². The molecule has 1 aromatic rings. The van der Waals surface area contributed by atoms with Gasteiger partial charge in [0.1, 0.15) is 0 Å². The molecule has 1 saturated heterocycles. The molecule has 0 spiro atoms. The van der Waals surface area contributed by atoms with E-state index in [1.54, 1.807) is 28.6 Å². The molecular formula is C14H19NO3S. The van der Waals surface area contributed by atoms with Crippen LogP contribution in [0.3, 0.4) is 0 Å². The quantitative estimate of drug-likeness (QED) is 0.915. The lowest BCUT2D eigenvalue weighted by atomic mass is 10.0. The first-order valence-electron chi connectivity index (χ1n) is 6.81. The summed E-state index contributed by atoms with van der Waals surface area (Å²) in [5.41, 5.74) is 0.639. The Hall–Kier alpha value is -0.910. The summed E-state index contributed by atoms with van der Waals surface area (Å²) in [5, 5.41) is 9.12. The summed E-state index contributed by atoms with van der Waals surface area (Å²) in [6.07, 6.45) is 3.56. The van der Waals surface area contributed by atoms with Crippen LogP contribution in [0.4, 0.5) is 0 Å². The molecule has 104 valence electrons. The Morgan fingerprint density at radius 2 is 1.89 bits per heavy atom. The Labute approximate surface area is 114 Å². The molecule has 0 radical (unpaired) electrons. The molecule has 1 aromatic carbocycles. The Morgan fingerprint density at radius 3 is 2.53 bits per heavy atom. The Kier molecular flexibility index (Phi) is 3.37. The van der Waals surface area contributed by atoms with Crippen molar-refractivity contribution in [1.29, 1.82) is 0 Å². The van der Waals surface area contributed by atoms with Gasteiger partial charge in [-0.25, -0.2) is 8.42 Å². The van der Waals surface area contributed by atoms with Crippen molar-refractivity contribution in [2.45, 2.75) is 30.8 Å². The zero-order chi connectivity index (χ0) is 13.5. The van der Waals surface area contributed by atoms with E-state index in [4.69, 9.17) is 5.11 Å². The van der Waals surface area contributed by atoms with E-state index in [1.165, 1.54) is 6.42 Å². The molecule has 4 nitrogen and oxygen atoms in total. The molecule has 0 aromatic heterocycles. The van der Waals surface area contributed by atoms with Crippen molar-refractivity contribution in [2.75, 3.05) is 13.1 Å². The van der Waals surface area contributed by atoms with Gasteiger partial charge in [0.25, 0.3) is 0 Å². The Balaban J connectivity index is 1.86. The lowest BCUT2D eigenvalue weighted by Gasteiger charge is -2.17. The van der Waals surface area contributed by atoms with Gasteiger partial charge in [-0.05, 0) is 42.4 Å². The van der Waals surface area contributed by atoms with E-state index >= 15 is 0 Å². The molecule has 5 heteroatoms. The number of rotatable bonds is 3. The van der Waals surface area contributed by atoms with Crippen LogP contribution in [0.1, 0.15) is 24.8 Å². The lowest BCUT2D eigenvalue weighted by Crippen LogP contribution is -2.29. The van der Waals surface area contributed by atoms with Crippen molar-refractivity contribution < 1.29 is 13.5 Å². The highest BCUT2D eigenvalue weighted by Gasteiger charge is 2.41. The van der Waals surface area contributed by atoms with Gasteiger partial charge in [0.15, 0.2) is 0 Å². The first-order chi connectivity index (χ1) is 9.11. The third-order valence-corrected chi connectivity index (χ3v) is 6.24. The van der Waals surface area contributed by atoms with Crippen molar-refractivity contribution >= 4 is 10.0 Å². The zero-order valence-corrected chi connectivity index (χ0v) is 11.6. The van der Waals surface area contributed by atoms with Crippen LogP contribution in [-0.2, 0) is 16.6 Å². The summed E-state index contributed by atoms with van der Waals surface area (Å²) in [7, 11) is -3.39. The minimum absolute atomic E-state index is 0.130. The summed E-state index contributed by atoms with van der Waals surface area (Å²) in [6, 6.07) is 6.61. The third-order valence-electron chi connectivity index (χ3n) is 4.41. The second kappa shape index (κ2) is 4.89. The number of hydrogen-bond donors (Lipinski definition) is 1. The highest BCUT2D eigenvalue weighted by Crippen LogP contribution is 2.39. The van der Waals surface area contributed by atoms with E-state index in [0.717, 1.165) is 12.8 Å². The molecule has 1 aliphatic carbocycles. The van der Waals surface area contributed by atoms with Crippen LogP contribution in [0, 0.1) is 11.8 Å². The van der Waals surface area contributed by atoms with E-state index in [-0.39, 0.29) is 6.61 Å². The van der Waals surface area contributed by atoms with Crippen LogP contribution >= 0.6 is 0 Å². The zero-order valence-electron chi connectivity index (χ0n) is 10.8. The van der Waals surface area contributed by atoms with Crippen LogP contribution in [0.15, 0.2) is 29.2 Å². The van der Waals surface area contributed by atoms with Crippen molar-refractivity contribution in [2.24, 2.45) is 11.8 Å². The van der Waals surface area contributed by atoms with Crippen molar-refractivity contribution in [1.82, 2.24) is 4.31 Å². The van der Waals surface area contributed by atoms with Gasteiger partial charge in [-0.2, -0.15) is 4.31 Å². The number of nitrogens with zero attached hydrogens (tertiary/aromatic N) is 1. The smallest absolute Gasteiger partial charge is 0.243 e. The molecule has 1 heterocycles. The van der Waals surface area contributed by atoms with E-state index in [0.29, 0.717) is 35.4 Å². The molecule has 2 unspecified atom stereocenters. The monoisotopic (exact) mass is 281 g/mol.